The second-order valence-electron chi connectivity index (χ2n) is 11.6. The number of phosphoric acid groups is 3. The molecular weight excluding hydrogens is 790 g/mol. The van der Waals surface area contributed by atoms with E-state index in [1.54, 1.807) is 6.92 Å². The summed E-state index contributed by atoms with van der Waals surface area (Å²) in [5.74, 6) is -1.26. The Morgan fingerprint density at radius 1 is 1.17 bits per heavy atom. The molecule has 0 aromatic carbocycles. The van der Waals surface area contributed by atoms with Crippen LogP contribution in [-0.2, 0) is 45.9 Å². The van der Waals surface area contributed by atoms with Crippen LogP contribution in [0.3, 0.4) is 0 Å². The number of thioether (sulfide) groups is 1. The number of hydrogen-bond donors (Lipinski definition) is 8. The number of rotatable bonds is 20. The molecule has 24 nitrogen and oxygen atoms in total. The van der Waals surface area contributed by atoms with Gasteiger partial charge in [0.05, 0.1) is 19.5 Å². The molecule has 3 unspecified atom stereocenters. The third-order valence-electron chi connectivity index (χ3n) is 7.00. The van der Waals surface area contributed by atoms with Gasteiger partial charge in [-0.05, 0) is 12.3 Å². The Kier molecular flexibility index (Phi) is 17.7. The molecule has 1 aliphatic rings. The van der Waals surface area contributed by atoms with E-state index in [2.05, 4.69) is 34.1 Å². The summed E-state index contributed by atoms with van der Waals surface area (Å²) in [6.07, 6.45) is -6.61. The number of aliphatic imine (C=N–C) groups is 1. The number of nitrogens with zero attached hydrogens (tertiary/aromatic N) is 5. The molecule has 2 aromatic heterocycles. The molecule has 1 saturated heterocycles. The summed E-state index contributed by atoms with van der Waals surface area (Å²) in [5.41, 5.74) is 4.25. The predicted molar refractivity (Wildman–Crippen MR) is 177 cm³/mol. The number of aliphatic hydroxyl groups is 2. The third-order valence-corrected chi connectivity index (χ3v) is 11.1. The molecule has 1 amide bonds. The van der Waals surface area contributed by atoms with Crippen LogP contribution in [0.25, 0.3) is 11.2 Å². The average molecular weight is 830 g/mol. The first-order valence-electron chi connectivity index (χ1n) is 15.0. The SMILES string of the molecule is CCC(=O)SCCN=C([O-])CCNC(=O)C(O)C(C)(C)COP(=O)(O)OP(=O)(O)OC[C@H]1O[C@@H](n2cnc3c(N)ncnc32)[C@H](O)[C@@H]1OP(=O)(O)O.[Li+]. The Labute approximate surface area is 317 Å². The Bertz CT molecular complexity index is 1750. The maximum Gasteiger partial charge on any atom is 1.00 e. The minimum atomic E-state index is -5.56. The minimum absolute atomic E-state index is 0. The van der Waals surface area contributed by atoms with Crippen molar-refractivity contribution in [2.45, 2.75) is 64.3 Å². The van der Waals surface area contributed by atoms with E-state index in [-0.39, 0.29) is 60.5 Å². The number of fused-ring (bicyclic) bond motifs is 1. The van der Waals surface area contributed by atoms with E-state index >= 15 is 0 Å². The maximum absolute atomic E-state index is 12.6. The van der Waals surface area contributed by atoms with Gasteiger partial charge in [-0.1, -0.05) is 32.5 Å². The number of hydrogen-bond acceptors (Lipinski definition) is 19. The van der Waals surface area contributed by atoms with Crippen molar-refractivity contribution in [2.24, 2.45) is 10.4 Å². The summed E-state index contributed by atoms with van der Waals surface area (Å²) < 4.78 is 61.9. The van der Waals surface area contributed by atoms with Crippen molar-refractivity contribution < 1.29 is 99.7 Å². The molecule has 2 aromatic rings. The molecule has 0 saturated carbocycles. The Morgan fingerprint density at radius 2 is 1.83 bits per heavy atom. The van der Waals surface area contributed by atoms with Crippen LogP contribution in [0.2, 0.25) is 0 Å². The summed E-state index contributed by atoms with van der Waals surface area (Å²) in [6, 6.07) is 0. The molecule has 9 N–H and O–H groups in total. The van der Waals surface area contributed by atoms with Gasteiger partial charge in [0.1, 0.15) is 36.3 Å². The van der Waals surface area contributed by atoms with Gasteiger partial charge < -0.3 is 55.7 Å². The number of anilines is 1. The molecule has 3 rings (SSSR count). The van der Waals surface area contributed by atoms with E-state index in [9.17, 15) is 58.2 Å². The molecule has 0 aliphatic carbocycles. The van der Waals surface area contributed by atoms with Crippen LogP contribution in [0, 0.1) is 5.41 Å². The van der Waals surface area contributed by atoms with Crippen LogP contribution in [0.5, 0.6) is 0 Å². The van der Waals surface area contributed by atoms with Crippen LogP contribution >= 0.6 is 35.2 Å². The van der Waals surface area contributed by atoms with Crippen molar-refractivity contribution in [2.75, 3.05) is 37.8 Å². The van der Waals surface area contributed by atoms with Gasteiger partial charge in [0.25, 0.3) is 0 Å². The van der Waals surface area contributed by atoms with Crippen molar-refractivity contribution >= 4 is 69.1 Å². The first-order valence-corrected chi connectivity index (χ1v) is 20.5. The zero-order chi connectivity index (χ0) is 39.1. The largest absolute Gasteiger partial charge is 1.00 e. The van der Waals surface area contributed by atoms with E-state index in [4.69, 9.17) is 19.5 Å². The molecule has 53 heavy (non-hydrogen) atoms. The number of nitrogen functional groups attached to an aromatic ring is 1. The van der Waals surface area contributed by atoms with Gasteiger partial charge in [0.15, 0.2) is 22.8 Å². The second kappa shape index (κ2) is 19.8. The second-order valence-corrected chi connectivity index (χ2v) is 17.0. The number of aromatic nitrogens is 4. The van der Waals surface area contributed by atoms with Gasteiger partial charge in [-0.25, -0.2) is 28.6 Å². The molecule has 0 spiro atoms. The van der Waals surface area contributed by atoms with E-state index in [0.29, 0.717) is 12.2 Å². The topological polar surface area (TPSA) is 370 Å². The quantitative estimate of drug-likeness (QED) is 0.0206. The molecule has 0 radical (unpaired) electrons. The number of amides is 1. The van der Waals surface area contributed by atoms with Crippen molar-refractivity contribution in [3.63, 3.8) is 0 Å². The Hall–Kier alpha value is -1.84. The average Bonchev–Trinajstić information content (AvgIpc) is 3.60. The third kappa shape index (κ3) is 14.3. The summed E-state index contributed by atoms with van der Waals surface area (Å²) in [5, 5.41) is 35.5. The Morgan fingerprint density at radius 3 is 2.47 bits per heavy atom. The number of nitrogens with one attached hydrogen (secondary N) is 1. The molecule has 1 aliphatic heterocycles. The number of carbonyl (C=O) groups excluding carboxylic acids is 2. The number of phosphoric ester groups is 3. The van der Waals surface area contributed by atoms with Gasteiger partial charge in [0.2, 0.25) is 5.91 Å². The number of aliphatic hydroxyl groups excluding tert-OH is 2. The molecule has 3 heterocycles. The standard InChI is InChI=1S/C24H40N7O17P3S.Li/c1-4-15(33)52-8-7-26-14(32)5-6-27-22(36)19(35)24(2,3)10-45-51(42,43)48-50(40,41)44-9-13-18(47-49(37,38)39)17(34)23(46-13)31-12-30-16-20(25)28-11-29-21(16)31;/h11-13,17-19,23,34-35H,4-10H2,1-3H3,(H,26,32)(H,27,36)(H,40,41)(H,42,43)(H2,25,28,29)(H2,37,38,39);/q;+1/p-1/t13-,17-,18-,19?,23-;/m1./s1. The zero-order valence-corrected chi connectivity index (χ0v) is 32.2. The Balaban J connectivity index is 0.00000972. The number of nitrogens with two attached hydrogens (primary N) is 1. The molecule has 1 fully saturated rings. The zero-order valence-electron chi connectivity index (χ0n) is 28.7. The van der Waals surface area contributed by atoms with Crippen molar-refractivity contribution in [1.29, 1.82) is 0 Å². The fourth-order valence-electron chi connectivity index (χ4n) is 4.36. The van der Waals surface area contributed by atoms with Gasteiger partial charge in [0, 0.05) is 30.7 Å². The monoisotopic (exact) mass is 829 g/mol. The summed E-state index contributed by atoms with van der Waals surface area (Å²) in [4.78, 5) is 78.2. The van der Waals surface area contributed by atoms with E-state index in [1.165, 1.54) is 13.8 Å². The van der Waals surface area contributed by atoms with Crippen LogP contribution in [0.15, 0.2) is 17.6 Å². The van der Waals surface area contributed by atoms with E-state index in [1.807, 2.05) is 0 Å². The van der Waals surface area contributed by atoms with Gasteiger partial charge in [-0.2, -0.15) is 4.31 Å². The van der Waals surface area contributed by atoms with E-state index < -0.39 is 84.5 Å². The van der Waals surface area contributed by atoms with Crippen LogP contribution in [0.4, 0.5) is 5.82 Å². The van der Waals surface area contributed by atoms with Crippen LogP contribution in [0.1, 0.15) is 39.8 Å². The first kappa shape index (κ1) is 47.3. The first-order chi connectivity index (χ1) is 24.1. The van der Waals surface area contributed by atoms with Crippen molar-refractivity contribution in [3.05, 3.63) is 12.7 Å². The molecule has 0 bridgehead atoms. The summed E-state index contributed by atoms with van der Waals surface area (Å²) in [6.45, 7) is 2.06. The summed E-state index contributed by atoms with van der Waals surface area (Å²) >= 11 is 1.04. The minimum Gasteiger partial charge on any atom is -0.862 e. The molecule has 7 atom stereocenters. The van der Waals surface area contributed by atoms with Gasteiger partial charge in [-0.3, -0.25) is 27.7 Å². The molecule has 294 valence electrons. The van der Waals surface area contributed by atoms with Crippen LogP contribution < -0.4 is 35.0 Å². The van der Waals surface area contributed by atoms with Crippen molar-refractivity contribution in [3.8, 4) is 0 Å². The van der Waals surface area contributed by atoms with E-state index in [0.717, 1.165) is 29.0 Å². The smallest absolute Gasteiger partial charge is 0.862 e. The fraction of sp³-hybridized carbons (Fsp3) is 0.667. The molecular formula is C24H39LiN7O17P3S. The number of ether oxygens (including phenoxy) is 1. The number of carbonyl (C=O) groups is 2. The number of imidazole rings is 1. The predicted octanol–water partition coefficient (Wildman–Crippen LogP) is -4.28. The van der Waals surface area contributed by atoms with Gasteiger partial charge >= 0.3 is 42.3 Å². The molecule has 29 heteroatoms. The fourth-order valence-corrected chi connectivity index (χ4v) is 7.80. The maximum atomic E-state index is 12.6. The van der Waals surface area contributed by atoms with Gasteiger partial charge in [-0.15, -0.1) is 0 Å². The van der Waals surface area contributed by atoms with Crippen molar-refractivity contribution in [1.82, 2.24) is 24.8 Å². The normalized spacial score (nSPS) is 22.5. The van der Waals surface area contributed by atoms with Crippen LogP contribution in [-0.4, -0.2) is 123 Å². The summed E-state index contributed by atoms with van der Waals surface area (Å²) in [7, 11) is -16.4.